The first kappa shape index (κ1) is 20.8. The van der Waals surface area contributed by atoms with Crippen molar-refractivity contribution in [1.82, 2.24) is 19.7 Å². The molecule has 0 atom stereocenters. The molecule has 3 aromatic rings. The molecule has 0 spiro atoms. The maximum Gasteiger partial charge on any atom is 0.352 e. The maximum absolute atomic E-state index is 13.3. The highest BCUT2D eigenvalue weighted by atomic mass is 16.2. The van der Waals surface area contributed by atoms with Crippen LogP contribution in [0.25, 0.3) is 5.69 Å². The fraction of sp³-hybridized carbons (Fsp3) is 0.333. The summed E-state index contributed by atoms with van der Waals surface area (Å²) in [5, 5.41) is 6.99. The third kappa shape index (κ3) is 4.35. The molecule has 7 heteroatoms. The van der Waals surface area contributed by atoms with Crippen LogP contribution in [0.3, 0.4) is 0 Å². The average molecular weight is 418 g/mol. The van der Waals surface area contributed by atoms with Crippen molar-refractivity contribution in [3.8, 4) is 5.69 Å². The van der Waals surface area contributed by atoms with E-state index in [4.69, 9.17) is 0 Å². The van der Waals surface area contributed by atoms with Crippen molar-refractivity contribution in [2.24, 2.45) is 0 Å². The van der Waals surface area contributed by atoms with Crippen molar-refractivity contribution in [3.05, 3.63) is 91.8 Å². The number of amides is 1. The van der Waals surface area contributed by atoms with Gasteiger partial charge in [-0.1, -0.05) is 50.2 Å². The SMILES string of the molecule is Cc1ccccc1Cn1c(=O)c(C(=O)NC2CC2)nn(-c2ccc(C(C)C)cc2)c1=O. The van der Waals surface area contributed by atoms with Crippen LogP contribution in [-0.4, -0.2) is 26.3 Å². The second-order valence-corrected chi connectivity index (χ2v) is 8.35. The molecule has 0 saturated heterocycles. The molecule has 0 bridgehead atoms. The summed E-state index contributed by atoms with van der Waals surface area (Å²) in [4.78, 5) is 39.1. The fourth-order valence-corrected chi connectivity index (χ4v) is 3.40. The number of hydrogen-bond donors (Lipinski definition) is 1. The molecule has 1 aliphatic rings. The summed E-state index contributed by atoms with van der Waals surface area (Å²) in [6, 6.07) is 15.0. The number of carbonyl (C=O) groups excluding carboxylic acids is 1. The molecule has 1 saturated carbocycles. The van der Waals surface area contributed by atoms with Gasteiger partial charge in [0.1, 0.15) is 0 Å². The van der Waals surface area contributed by atoms with Crippen molar-refractivity contribution in [1.29, 1.82) is 0 Å². The van der Waals surface area contributed by atoms with E-state index >= 15 is 0 Å². The average Bonchev–Trinajstić information content (AvgIpc) is 3.56. The first-order chi connectivity index (χ1) is 14.8. The number of carbonyl (C=O) groups is 1. The first-order valence-corrected chi connectivity index (χ1v) is 10.5. The van der Waals surface area contributed by atoms with Crippen molar-refractivity contribution in [2.75, 3.05) is 0 Å². The van der Waals surface area contributed by atoms with Gasteiger partial charge in [0.2, 0.25) is 5.69 Å². The molecular weight excluding hydrogens is 392 g/mol. The summed E-state index contributed by atoms with van der Waals surface area (Å²) in [6.45, 7) is 6.16. The van der Waals surface area contributed by atoms with Gasteiger partial charge in [-0.2, -0.15) is 9.78 Å². The predicted molar refractivity (Wildman–Crippen MR) is 119 cm³/mol. The van der Waals surface area contributed by atoms with E-state index in [1.165, 1.54) is 0 Å². The van der Waals surface area contributed by atoms with E-state index in [1.807, 2.05) is 43.3 Å². The molecule has 1 amide bonds. The highest BCUT2D eigenvalue weighted by Gasteiger charge is 2.27. The third-order valence-electron chi connectivity index (χ3n) is 5.58. The molecule has 1 aliphatic carbocycles. The van der Waals surface area contributed by atoms with Gasteiger partial charge >= 0.3 is 5.69 Å². The van der Waals surface area contributed by atoms with E-state index in [-0.39, 0.29) is 18.3 Å². The van der Waals surface area contributed by atoms with E-state index in [1.54, 1.807) is 12.1 Å². The normalized spacial score (nSPS) is 13.4. The Kier molecular flexibility index (Phi) is 5.59. The van der Waals surface area contributed by atoms with E-state index in [2.05, 4.69) is 24.3 Å². The number of nitrogens with one attached hydrogen (secondary N) is 1. The van der Waals surface area contributed by atoms with Gasteiger partial charge in [0.25, 0.3) is 11.5 Å². The molecule has 2 aromatic carbocycles. The second kappa shape index (κ2) is 8.34. The Morgan fingerprint density at radius 3 is 2.39 bits per heavy atom. The number of rotatable bonds is 6. The minimum absolute atomic E-state index is 0.0701. The fourth-order valence-electron chi connectivity index (χ4n) is 3.40. The molecule has 1 heterocycles. The molecule has 0 unspecified atom stereocenters. The summed E-state index contributed by atoms with van der Waals surface area (Å²) < 4.78 is 2.24. The molecule has 1 aromatic heterocycles. The Hall–Kier alpha value is -3.48. The zero-order chi connectivity index (χ0) is 22.1. The van der Waals surface area contributed by atoms with Crippen LogP contribution >= 0.6 is 0 Å². The molecule has 4 rings (SSSR count). The summed E-state index contributed by atoms with van der Waals surface area (Å²) in [5.41, 5.74) is 1.90. The molecule has 31 heavy (non-hydrogen) atoms. The quantitative estimate of drug-likeness (QED) is 0.667. The lowest BCUT2D eigenvalue weighted by molar-refractivity contribution is 0.0941. The molecule has 1 N–H and O–H groups in total. The standard InChI is InChI=1S/C24H26N4O3/c1-15(2)17-8-12-20(13-9-17)28-24(31)27(14-18-7-5-4-6-16(18)3)23(30)21(26-28)22(29)25-19-10-11-19/h4-9,12-13,15,19H,10-11,14H2,1-3H3,(H,25,29). The highest BCUT2D eigenvalue weighted by molar-refractivity contribution is 5.92. The summed E-state index contributed by atoms with van der Waals surface area (Å²) in [6.07, 6.45) is 1.78. The lowest BCUT2D eigenvalue weighted by Crippen LogP contribution is -2.46. The van der Waals surface area contributed by atoms with Crippen LogP contribution in [0, 0.1) is 6.92 Å². The number of nitrogens with zero attached hydrogens (tertiary/aromatic N) is 3. The van der Waals surface area contributed by atoms with Gasteiger partial charge in [-0.25, -0.2) is 4.79 Å². The lowest BCUT2D eigenvalue weighted by Gasteiger charge is -2.14. The van der Waals surface area contributed by atoms with Gasteiger partial charge in [-0.05, 0) is 54.5 Å². The highest BCUT2D eigenvalue weighted by Crippen LogP contribution is 2.19. The van der Waals surface area contributed by atoms with Crippen molar-refractivity contribution < 1.29 is 4.79 Å². The van der Waals surface area contributed by atoms with Crippen molar-refractivity contribution in [3.63, 3.8) is 0 Å². The molecular formula is C24H26N4O3. The van der Waals surface area contributed by atoms with Gasteiger partial charge in [0.05, 0.1) is 12.2 Å². The Balaban J connectivity index is 1.85. The third-order valence-corrected chi connectivity index (χ3v) is 5.58. The molecule has 0 aliphatic heterocycles. The molecule has 160 valence electrons. The first-order valence-electron chi connectivity index (χ1n) is 10.5. The summed E-state index contributed by atoms with van der Waals surface area (Å²) >= 11 is 0. The Bertz CT molecular complexity index is 1230. The number of hydrogen-bond acceptors (Lipinski definition) is 4. The van der Waals surface area contributed by atoms with Crippen molar-refractivity contribution in [2.45, 2.75) is 52.1 Å². The van der Waals surface area contributed by atoms with Gasteiger partial charge in [-0.15, -0.1) is 0 Å². The van der Waals surface area contributed by atoms with Crippen LogP contribution in [0.2, 0.25) is 0 Å². The van der Waals surface area contributed by atoms with Crippen LogP contribution in [0.4, 0.5) is 0 Å². The van der Waals surface area contributed by atoms with Crippen LogP contribution < -0.4 is 16.6 Å². The largest absolute Gasteiger partial charge is 0.352 e. The zero-order valence-electron chi connectivity index (χ0n) is 18.0. The van der Waals surface area contributed by atoms with Crippen LogP contribution in [0.5, 0.6) is 0 Å². The Labute approximate surface area is 180 Å². The number of aromatic nitrogens is 3. The molecule has 7 nitrogen and oxygen atoms in total. The Morgan fingerprint density at radius 1 is 1.10 bits per heavy atom. The zero-order valence-corrected chi connectivity index (χ0v) is 18.0. The smallest absolute Gasteiger partial charge is 0.348 e. The minimum Gasteiger partial charge on any atom is -0.348 e. The summed E-state index contributed by atoms with van der Waals surface area (Å²) in [5.74, 6) is -0.202. The number of aryl methyl sites for hydroxylation is 1. The lowest BCUT2D eigenvalue weighted by atomic mass is 10.0. The Morgan fingerprint density at radius 2 is 1.77 bits per heavy atom. The topological polar surface area (TPSA) is 86.0 Å². The molecule has 1 fully saturated rings. The van der Waals surface area contributed by atoms with Gasteiger partial charge < -0.3 is 5.32 Å². The van der Waals surface area contributed by atoms with Gasteiger partial charge in [0.15, 0.2) is 0 Å². The van der Waals surface area contributed by atoms with Crippen LogP contribution in [0.1, 0.15) is 59.8 Å². The van der Waals surface area contributed by atoms with E-state index < -0.39 is 17.2 Å². The maximum atomic E-state index is 13.3. The van der Waals surface area contributed by atoms with E-state index in [9.17, 15) is 14.4 Å². The number of benzene rings is 2. The van der Waals surface area contributed by atoms with Crippen LogP contribution in [0.15, 0.2) is 58.1 Å². The van der Waals surface area contributed by atoms with Crippen LogP contribution in [-0.2, 0) is 6.54 Å². The monoisotopic (exact) mass is 418 g/mol. The molecule has 0 radical (unpaired) electrons. The minimum atomic E-state index is -0.679. The predicted octanol–water partition coefficient (Wildman–Crippen LogP) is 2.77. The summed E-state index contributed by atoms with van der Waals surface area (Å²) in [7, 11) is 0. The van der Waals surface area contributed by atoms with Gasteiger partial charge in [0, 0.05) is 6.04 Å². The van der Waals surface area contributed by atoms with Crippen molar-refractivity contribution >= 4 is 5.91 Å². The van der Waals surface area contributed by atoms with E-state index in [0.717, 1.165) is 38.8 Å². The second-order valence-electron chi connectivity index (χ2n) is 8.35. The van der Waals surface area contributed by atoms with Gasteiger partial charge in [-0.3, -0.25) is 14.2 Å². The van der Waals surface area contributed by atoms with E-state index in [0.29, 0.717) is 11.6 Å².